The van der Waals surface area contributed by atoms with Crippen LogP contribution < -0.4 is 10.0 Å². The number of hydrogen-bond acceptors (Lipinski definition) is 5. The van der Waals surface area contributed by atoms with Crippen LogP contribution in [-0.4, -0.2) is 49.5 Å². The van der Waals surface area contributed by atoms with Crippen LogP contribution in [0.3, 0.4) is 0 Å². The molecule has 0 aliphatic heterocycles. The normalized spacial score (nSPS) is 14.9. The molecule has 0 saturated carbocycles. The molecule has 0 fully saturated rings. The second-order valence-electron chi connectivity index (χ2n) is 6.41. The van der Waals surface area contributed by atoms with E-state index in [0.29, 0.717) is 17.7 Å². The number of sulfonamides is 1. The number of thioether (sulfide) groups is 1. The third kappa shape index (κ3) is 8.32. The Morgan fingerprint density at radius 2 is 1.85 bits per heavy atom. The van der Waals surface area contributed by atoms with Gasteiger partial charge in [0.25, 0.3) is 0 Å². The number of rotatable bonds is 12. The van der Waals surface area contributed by atoms with Gasteiger partial charge in [-0.2, -0.15) is 11.8 Å². The highest BCUT2D eigenvalue weighted by atomic mass is 32.2. The van der Waals surface area contributed by atoms with Gasteiger partial charge >= 0.3 is 5.97 Å². The summed E-state index contributed by atoms with van der Waals surface area (Å²) in [6.45, 7) is 3.60. The Morgan fingerprint density at radius 1 is 1.22 bits per heavy atom. The third-order valence-electron chi connectivity index (χ3n) is 4.23. The van der Waals surface area contributed by atoms with Gasteiger partial charge in [0, 0.05) is 0 Å². The number of aliphatic carboxylic acids is 1. The summed E-state index contributed by atoms with van der Waals surface area (Å²) in [7, 11) is -3.77. The molecule has 3 N–H and O–H groups in total. The van der Waals surface area contributed by atoms with Gasteiger partial charge in [-0.25, -0.2) is 17.9 Å². The average molecular weight is 417 g/mol. The van der Waals surface area contributed by atoms with Gasteiger partial charge in [-0.3, -0.25) is 4.79 Å². The lowest BCUT2D eigenvalue weighted by Crippen LogP contribution is -2.54. The van der Waals surface area contributed by atoms with Crippen LogP contribution in [-0.2, 0) is 25.4 Å². The van der Waals surface area contributed by atoms with Crippen molar-refractivity contribution >= 4 is 33.7 Å². The van der Waals surface area contributed by atoms with Crippen molar-refractivity contribution in [2.45, 2.75) is 44.5 Å². The van der Waals surface area contributed by atoms with Gasteiger partial charge in [0.15, 0.2) is 0 Å². The fourth-order valence-electron chi connectivity index (χ4n) is 2.45. The summed E-state index contributed by atoms with van der Waals surface area (Å²) in [5, 5.41) is 11.8. The first-order chi connectivity index (χ1) is 12.7. The first-order valence-corrected chi connectivity index (χ1v) is 11.8. The summed E-state index contributed by atoms with van der Waals surface area (Å²) >= 11 is 1.48. The molecule has 0 bridgehead atoms. The quantitative estimate of drug-likeness (QED) is 0.479. The zero-order valence-corrected chi connectivity index (χ0v) is 17.5. The van der Waals surface area contributed by atoms with Crippen LogP contribution in [0.2, 0.25) is 0 Å². The van der Waals surface area contributed by atoms with Gasteiger partial charge in [0.05, 0.1) is 5.75 Å². The predicted octanol–water partition coefficient (Wildman–Crippen LogP) is 1.84. The van der Waals surface area contributed by atoms with Crippen LogP contribution in [0.1, 0.15) is 32.3 Å². The molecule has 152 valence electrons. The highest BCUT2D eigenvalue weighted by molar-refractivity contribution is 7.98. The lowest BCUT2D eigenvalue weighted by Gasteiger charge is -2.25. The van der Waals surface area contributed by atoms with Crippen molar-refractivity contribution in [1.29, 1.82) is 0 Å². The molecular formula is C18H28N2O5S2. The van der Waals surface area contributed by atoms with Crippen LogP contribution in [0.15, 0.2) is 30.3 Å². The summed E-state index contributed by atoms with van der Waals surface area (Å²) in [4.78, 5) is 24.0. The summed E-state index contributed by atoms with van der Waals surface area (Å²) < 4.78 is 27.5. The maximum Gasteiger partial charge on any atom is 0.326 e. The van der Waals surface area contributed by atoms with Crippen molar-refractivity contribution in [1.82, 2.24) is 10.0 Å². The molecule has 1 aromatic carbocycles. The topological polar surface area (TPSA) is 113 Å². The number of nitrogens with one attached hydrogen (secondary N) is 2. The minimum atomic E-state index is -3.77. The lowest BCUT2D eigenvalue weighted by atomic mass is 9.99. The summed E-state index contributed by atoms with van der Waals surface area (Å²) in [5.41, 5.74) is 0.608. The average Bonchev–Trinajstić information content (AvgIpc) is 2.62. The summed E-state index contributed by atoms with van der Waals surface area (Å²) in [5.74, 6) is -1.71. The van der Waals surface area contributed by atoms with Gasteiger partial charge in [-0.15, -0.1) is 0 Å². The van der Waals surface area contributed by atoms with E-state index in [1.807, 2.05) is 13.2 Å². The van der Waals surface area contributed by atoms with Gasteiger partial charge in [-0.05, 0) is 29.9 Å². The Labute approximate surface area is 165 Å². The number of carbonyl (C=O) groups is 2. The first-order valence-electron chi connectivity index (χ1n) is 8.76. The van der Waals surface area contributed by atoms with Gasteiger partial charge in [0.1, 0.15) is 12.1 Å². The molecule has 1 amide bonds. The van der Waals surface area contributed by atoms with E-state index in [4.69, 9.17) is 0 Å². The molecule has 0 aromatic heterocycles. The van der Waals surface area contributed by atoms with E-state index in [2.05, 4.69) is 10.0 Å². The van der Waals surface area contributed by atoms with Crippen molar-refractivity contribution in [2.75, 3.05) is 12.0 Å². The van der Waals surface area contributed by atoms with E-state index < -0.39 is 34.0 Å². The molecule has 0 radical (unpaired) electrons. The zero-order chi connectivity index (χ0) is 20.4. The standard InChI is InChI=1S/C18H28N2O5S2/c1-4-13(2)16(17(21)19-15(18(22)23)10-11-26-3)20-27(24,25)12-14-8-6-5-7-9-14/h5-9,13,15-16,20H,4,10-12H2,1-3H3,(H,19,21)(H,22,23). The van der Waals surface area contributed by atoms with E-state index in [1.54, 1.807) is 37.3 Å². The molecular weight excluding hydrogens is 388 g/mol. The van der Waals surface area contributed by atoms with Crippen LogP contribution in [0.25, 0.3) is 0 Å². The maximum atomic E-state index is 12.6. The Kier molecular flexibility index (Phi) is 9.82. The van der Waals surface area contributed by atoms with Crippen molar-refractivity contribution in [3.05, 3.63) is 35.9 Å². The van der Waals surface area contributed by atoms with Crippen molar-refractivity contribution in [2.24, 2.45) is 5.92 Å². The molecule has 3 unspecified atom stereocenters. The van der Waals surface area contributed by atoms with E-state index in [-0.39, 0.29) is 18.1 Å². The fraction of sp³-hybridized carbons (Fsp3) is 0.556. The van der Waals surface area contributed by atoms with Crippen LogP contribution in [0.4, 0.5) is 0 Å². The SMILES string of the molecule is CCC(C)C(NS(=O)(=O)Cc1ccccc1)C(=O)NC(CCSC)C(=O)O. The van der Waals surface area contributed by atoms with Crippen LogP contribution >= 0.6 is 11.8 Å². The number of benzene rings is 1. The summed E-state index contributed by atoms with van der Waals surface area (Å²) in [6, 6.07) is 6.59. The Morgan fingerprint density at radius 3 is 2.37 bits per heavy atom. The Hall–Kier alpha value is -1.58. The van der Waals surface area contributed by atoms with Crippen LogP contribution in [0.5, 0.6) is 0 Å². The molecule has 3 atom stereocenters. The van der Waals surface area contributed by atoms with Gasteiger partial charge in [-0.1, -0.05) is 50.6 Å². The zero-order valence-electron chi connectivity index (χ0n) is 15.8. The number of carboxylic acid groups (broad SMARTS) is 1. The highest BCUT2D eigenvalue weighted by Crippen LogP contribution is 2.13. The number of amides is 1. The van der Waals surface area contributed by atoms with Gasteiger partial charge in [0.2, 0.25) is 15.9 Å². The molecule has 0 aliphatic rings. The molecule has 27 heavy (non-hydrogen) atoms. The number of carbonyl (C=O) groups excluding carboxylic acids is 1. The molecule has 1 aromatic rings. The largest absolute Gasteiger partial charge is 0.480 e. The maximum absolute atomic E-state index is 12.6. The summed E-state index contributed by atoms with van der Waals surface area (Å²) in [6.07, 6.45) is 2.68. The van der Waals surface area contributed by atoms with E-state index in [1.165, 1.54) is 11.8 Å². The van der Waals surface area contributed by atoms with E-state index >= 15 is 0 Å². The molecule has 0 spiro atoms. The van der Waals surface area contributed by atoms with Gasteiger partial charge < -0.3 is 10.4 Å². The number of carboxylic acids is 1. The smallest absolute Gasteiger partial charge is 0.326 e. The van der Waals surface area contributed by atoms with Crippen molar-refractivity contribution < 1.29 is 23.1 Å². The molecule has 1 rings (SSSR count). The monoisotopic (exact) mass is 416 g/mol. The predicted molar refractivity (Wildman–Crippen MR) is 108 cm³/mol. The Bertz CT molecular complexity index is 710. The van der Waals surface area contributed by atoms with E-state index in [0.717, 1.165) is 0 Å². The molecule has 7 nitrogen and oxygen atoms in total. The second kappa shape index (κ2) is 11.3. The minimum absolute atomic E-state index is 0.247. The van der Waals surface area contributed by atoms with Crippen molar-refractivity contribution in [3.8, 4) is 0 Å². The number of hydrogen-bond donors (Lipinski definition) is 3. The lowest BCUT2D eigenvalue weighted by molar-refractivity contribution is -0.142. The molecule has 0 aliphatic carbocycles. The molecule has 0 heterocycles. The molecule has 0 saturated heterocycles. The first kappa shape index (κ1) is 23.5. The molecule has 9 heteroatoms. The van der Waals surface area contributed by atoms with Crippen molar-refractivity contribution in [3.63, 3.8) is 0 Å². The fourth-order valence-corrected chi connectivity index (χ4v) is 4.36. The minimum Gasteiger partial charge on any atom is -0.480 e. The third-order valence-corrected chi connectivity index (χ3v) is 6.20. The Balaban J connectivity index is 2.90. The van der Waals surface area contributed by atoms with Crippen LogP contribution in [0, 0.1) is 5.92 Å². The van der Waals surface area contributed by atoms with E-state index in [9.17, 15) is 23.1 Å². The second-order valence-corrected chi connectivity index (χ2v) is 9.15. The highest BCUT2D eigenvalue weighted by Gasteiger charge is 2.31.